The van der Waals surface area contributed by atoms with E-state index >= 15 is 0 Å². The second-order valence-electron chi connectivity index (χ2n) is 5.90. The molecule has 1 aromatic rings. The van der Waals surface area contributed by atoms with Crippen LogP contribution in [-0.2, 0) is 0 Å². The van der Waals surface area contributed by atoms with E-state index in [-0.39, 0.29) is 12.1 Å². The highest BCUT2D eigenvalue weighted by atomic mass is 16.2. The molecule has 4 nitrogen and oxygen atoms in total. The van der Waals surface area contributed by atoms with Crippen molar-refractivity contribution >= 4 is 11.7 Å². The fraction of sp³-hybridized carbons (Fsp3) is 0.588. The summed E-state index contributed by atoms with van der Waals surface area (Å²) in [6.45, 7) is 9.74. The average Bonchev–Trinajstić information content (AvgIpc) is 2.48. The molecule has 1 aliphatic rings. The lowest BCUT2D eigenvalue weighted by Crippen LogP contribution is -2.53. The van der Waals surface area contributed by atoms with Crippen LogP contribution in [0.4, 0.5) is 10.5 Å². The van der Waals surface area contributed by atoms with E-state index in [9.17, 15) is 4.79 Å². The summed E-state index contributed by atoms with van der Waals surface area (Å²) < 4.78 is 0. The molecule has 21 heavy (non-hydrogen) atoms. The molecule has 1 aromatic carbocycles. The summed E-state index contributed by atoms with van der Waals surface area (Å²) in [6, 6.07) is 8.79. The van der Waals surface area contributed by atoms with E-state index in [1.54, 1.807) is 0 Å². The smallest absolute Gasteiger partial charge is 0.317 e. The Hall–Kier alpha value is -1.71. The number of benzene rings is 1. The molecular weight excluding hydrogens is 262 g/mol. The number of urea groups is 1. The topological polar surface area (TPSA) is 35.6 Å². The highest BCUT2D eigenvalue weighted by molar-refractivity contribution is 5.75. The molecule has 2 amide bonds. The van der Waals surface area contributed by atoms with E-state index < -0.39 is 0 Å². The van der Waals surface area contributed by atoms with Gasteiger partial charge in [0.25, 0.3) is 0 Å². The molecule has 1 atom stereocenters. The number of para-hydroxylation sites is 1. The summed E-state index contributed by atoms with van der Waals surface area (Å²) in [4.78, 5) is 16.5. The Balaban J connectivity index is 1.86. The lowest BCUT2D eigenvalue weighted by Gasteiger charge is -2.37. The second kappa shape index (κ2) is 7.34. The minimum absolute atomic E-state index is 0.0837. The number of rotatable bonds is 4. The molecule has 0 aliphatic carbocycles. The van der Waals surface area contributed by atoms with Gasteiger partial charge in [-0.1, -0.05) is 31.5 Å². The molecule has 1 saturated heterocycles. The van der Waals surface area contributed by atoms with E-state index in [0.29, 0.717) is 0 Å². The van der Waals surface area contributed by atoms with Gasteiger partial charge in [0, 0.05) is 37.9 Å². The van der Waals surface area contributed by atoms with Crippen LogP contribution < -0.4 is 10.2 Å². The Bertz CT molecular complexity index is 467. The quantitative estimate of drug-likeness (QED) is 0.925. The Labute approximate surface area is 128 Å². The minimum atomic E-state index is 0.0837. The molecule has 1 fully saturated rings. The van der Waals surface area contributed by atoms with Crippen molar-refractivity contribution in [3.63, 3.8) is 0 Å². The van der Waals surface area contributed by atoms with Gasteiger partial charge in [-0.15, -0.1) is 0 Å². The number of carbonyl (C=O) groups excluding carboxylic acids is 1. The van der Waals surface area contributed by atoms with Crippen LogP contribution in [-0.4, -0.2) is 43.2 Å². The third-order valence-electron chi connectivity index (χ3n) is 4.11. The summed E-state index contributed by atoms with van der Waals surface area (Å²) >= 11 is 0. The molecule has 1 N–H and O–H groups in total. The number of piperazine rings is 1. The van der Waals surface area contributed by atoms with Crippen molar-refractivity contribution in [2.75, 3.05) is 31.1 Å². The lowest BCUT2D eigenvalue weighted by atomic mass is 10.1. The van der Waals surface area contributed by atoms with Crippen molar-refractivity contribution in [1.29, 1.82) is 0 Å². The van der Waals surface area contributed by atoms with Crippen LogP contribution >= 0.6 is 0 Å². The van der Waals surface area contributed by atoms with Crippen LogP contribution in [0.1, 0.15) is 32.3 Å². The summed E-state index contributed by atoms with van der Waals surface area (Å²) in [5.41, 5.74) is 2.59. The van der Waals surface area contributed by atoms with E-state index in [1.165, 1.54) is 11.3 Å². The number of nitrogens with one attached hydrogen (secondary N) is 1. The van der Waals surface area contributed by atoms with Gasteiger partial charge in [-0.2, -0.15) is 0 Å². The van der Waals surface area contributed by atoms with Crippen LogP contribution in [0.5, 0.6) is 0 Å². The lowest BCUT2D eigenvalue weighted by molar-refractivity contribution is 0.190. The maximum Gasteiger partial charge on any atom is 0.317 e. The number of amides is 2. The molecule has 116 valence electrons. The van der Waals surface area contributed by atoms with Crippen molar-refractivity contribution in [2.45, 2.75) is 39.7 Å². The summed E-state index contributed by atoms with van der Waals surface area (Å²) in [6.07, 6.45) is 2.14. The van der Waals surface area contributed by atoms with Gasteiger partial charge >= 0.3 is 6.03 Å². The first-order valence-electron chi connectivity index (χ1n) is 7.97. The van der Waals surface area contributed by atoms with Crippen molar-refractivity contribution in [1.82, 2.24) is 10.2 Å². The van der Waals surface area contributed by atoms with Gasteiger partial charge in [-0.3, -0.25) is 0 Å². The zero-order valence-corrected chi connectivity index (χ0v) is 13.4. The van der Waals surface area contributed by atoms with Crippen molar-refractivity contribution < 1.29 is 4.79 Å². The highest BCUT2D eigenvalue weighted by Gasteiger charge is 2.22. The predicted octanol–water partition coefficient (Wildman–Crippen LogP) is 3.02. The van der Waals surface area contributed by atoms with E-state index in [4.69, 9.17) is 0 Å². The maximum absolute atomic E-state index is 12.2. The van der Waals surface area contributed by atoms with Crippen LogP contribution in [0, 0.1) is 6.92 Å². The number of hydrogen-bond donors (Lipinski definition) is 1. The third-order valence-corrected chi connectivity index (χ3v) is 4.11. The molecule has 2 rings (SSSR count). The molecule has 0 bridgehead atoms. The van der Waals surface area contributed by atoms with Crippen LogP contribution in [0.25, 0.3) is 0 Å². The maximum atomic E-state index is 12.2. The molecule has 0 radical (unpaired) electrons. The Morgan fingerprint density at radius 2 is 1.90 bits per heavy atom. The molecule has 0 aromatic heterocycles. The first-order valence-corrected chi connectivity index (χ1v) is 7.97. The van der Waals surface area contributed by atoms with Gasteiger partial charge in [0.05, 0.1) is 0 Å². The number of hydrogen-bond acceptors (Lipinski definition) is 2. The largest absolute Gasteiger partial charge is 0.368 e. The summed E-state index contributed by atoms with van der Waals surface area (Å²) in [5.74, 6) is 0. The summed E-state index contributed by atoms with van der Waals surface area (Å²) in [5, 5.41) is 3.08. The SMILES string of the molecule is CCCC(C)NC(=O)N1CCN(c2ccccc2C)CC1. The minimum Gasteiger partial charge on any atom is -0.368 e. The third kappa shape index (κ3) is 4.13. The molecule has 0 spiro atoms. The fourth-order valence-corrected chi connectivity index (χ4v) is 2.88. The van der Waals surface area contributed by atoms with Gasteiger partial charge in [-0.25, -0.2) is 4.79 Å². The Morgan fingerprint density at radius 1 is 1.24 bits per heavy atom. The molecule has 1 unspecified atom stereocenters. The second-order valence-corrected chi connectivity index (χ2v) is 5.90. The predicted molar refractivity (Wildman–Crippen MR) is 87.9 cm³/mol. The van der Waals surface area contributed by atoms with Crippen LogP contribution in [0.3, 0.4) is 0 Å². The monoisotopic (exact) mass is 289 g/mol. The zero-order chi connectivity index (χ0) is 15.2. The van der Waals surface area contributed by atoms with E-state index in [1.807, 2.05) is 4.90 Å². The van der Waals surface area contributed by atoms with Gasteiger partial charge in [0.1, 0.15) is 0 Å². The fourth-order valence-electron chi connectivity index (χ4n) is 2.88. The average molecular weight is 289 g/mol. The number of anilines is 1. The van der Waals surface area contributed by atoms with Crippen LogP contribution in [0.15, 0.2) is 24.3 Å². The number of nitrogens with zero attached hydrogens (tertiary/aromatic N) is 2. The van der Waals surface area contributed by atoms with Crippen molar-refractivity contribution in [2.24, 2.45) is 0 Å². The van der Waals surface area contributed by atoms with Gasteiger partial charge in [0.15, 0.2) is 0 Å². The first kappa shape index (κ1) is 15.7. The molecule has 1 heterocycles. The molecule has 1 aliphatic heterocycles. The first-order chi connectivity index (χ1) is 10.1. The van der Waals surface area contributed by atoms with Crippen molar-refractivity contribution in [3.05, 3.63) is 29.8 Å². The Kier molecular flexibility index (Phi) is 5.48. The zero-order valence-electron chi connectivity index (χ0n) is 13.4. The molecule has 4 heteroatoms. The number of carbonyl (C=O) groups is 1. The number of aryl methyl sites for hydroxylation is 1. The Morgan fingerprint density at radius 3 is 2.52 bits per heavy atom. The van der Waals surface area contributed by atoms with Crippen molar-refractivity contribution in [3.8, 4) is 0 Å². The standard InChI is InChI=1S/C17H27N3O/c1-4-7-15(3)18-17(21)20-12-10-19(11-13-20)16-9-6-5-8-14(16)2/h5-6,8-9,15H,4,7,10-13H2,1-3H3,(H,18,21). The van der Waals surface area contributed by atoms with Gasteiger partial charge in [-0.05, 0) is 31.9 Å². The molecule has 0 saturated carbocycles. The van der Waals surface area contributed by atoms with Crippen LogP contribution in [0.2, 0.25) is 0 Å². The van der Waals surface area contributed by atoms with E-state index in [0.717, 1.165) is 39.0 Å². The van der Waals surface area contributed by atoms with Gasteiger partial charge in [0.2, 0.25) is 0 Å². The van der Waals surface area contributed by atoms with Gasteiger partial charge < -0.3 is 15.1 Å². The van der Waals surface area contributed by atoms with E-state index in [2.05, 4.69) is 55.3 Å². The summed E-state index contributed by atoms with van der Waals surface area (Å²) in [7, 11) is 0. The highest BCUT2D eigenvalue weighted by Crippen LogP contribution is 2.20. The molecular formula is C17H27N3O. The normalized spacial score (nSPS) is 16.7.